The van der Waals surface area contributed by atoms with Crippen molar-refractivity contribution in [2.24, 2.45) is 0 Å². The van der Waals surface area contributed by atoms with Crippen LogP contribution in [0.15, 0.2) is 24.3 Å². The van der Waals surface area contributed by atoms with Crippen molar-refractivity contribution in [3.8, 4) is 0 Å². The molecule has 3 nitrogen and oxygen atoms in total. The van der Waals surface area contributed by atoms with E-state index in [1.807, 2.05) is 0 Å². The zero-order valence-electron chi connectivity index (χ0n) is 11.9. The summed E-state index contributed by atoms with van der Waals surface area (Å²) in [5.41, 5.74) is 2.45. The van der Waals surface area contributed by atoms with Crippen molar-refractivity contribution >= 4 is 22.2 Å². The van der Waals surface area contributed by atoms with Crippen LogP contribution in [0.5, 0.6) is 0 Å². The minimum Gasteiger partial charge on any atom is -0.382 e. The molecule has 0 unspecified atom stereocenters. The Morgan fingerprint density at radius 3 is 2.26 bits per heavy atom. The third kappa shape index (κ3) is 3.96. The Kier molecular flexibility index (Phi) is 5.25. The van der Waals surface area contributed by atoms with Gasteiger partial charge in [0.1, 0.15) is 0 Å². The summed E-state index contributed by atoms with van der Waals surface area (Å²) < 4.78 is 11.3. The smallest absolute Gasteiger partial charge is 0.0367 e. The van der Waals surface area contributed by atoms with Gasteiger partial charge in [0.15, 0.2) is 0 Å². The van der Waals surface area contributed by atoms with Crippen LogP contribution in [-0.2, 0) is 10.8 Å². The van der Waals surface area contributed by atoms with Gasteiger partial charge < -0.3 is 10.2 Å². The first-order chi connectivity index (χ1) is 9.22. The lowest BCUT2D eigenvalue weighted by molar-refractivity contribution is 0.624. The van der Waals surface area contributed by atoms with Gasteiger partial charge in [-0.05, 0) is 51.0 Å². The number of anilines is 2. The molecule has 4 heteroatoms. The molecule has 0 spiro atoms. The summed E-state index contributed by atoms with van der Waals surface area (Å²) in [7, 11) is -0.578. The van der Waals surface area contributed by atoms with E-state index in [4.69, 9.17) is 0 Å². The van der Waals surface area contributed by atoms with Gasteiger partial charge >= 0.3 is 0 Å². The SMILES string of the molecule is CCN(CC)c1ccc(NC2CCS(=O)CC2)cc1. The number of nitrogens with one attached hydrogen (secondary N) is 1. The molecule has 0 aliphatic carbocycles. The molecular weight excluding hydrogens is 256 g/mol. The Balaban J connectivity index is 1.93. The van der Waals surface area contributed by atoms with E-state index >= 15 is 0 Å². The standard InChI is InChI=1S/C15H24N2OS/c1-3-17(4-2)15-7-5-13(6-8-15)16-14-9-11-19(18)12-10-14/h5-8,14,16H,3-4,9-12H2,1-2H3. The van der Waals surface area contributed by atoms with Crippen LogP contribution >= 0.6 is 0 Å². The van der Waals surface area contributed by atoms with Gasteiger partial charge in [-0.15, -0.1) is 0 Å². The molecule has 1 N–H and O–H groups in total. The Bertz CT molecular complexity index is 405. The number of hydrogen-bond acceptors (Lipinski definition) is 3. The highest BCUT2D eigenvalue weighted by atomic mass is 32.2. The second-order valence-corrected chi connectivity index (χ2v) is 6.68. The van der Waals surface area contributed by atoms with E-state index in [2.05, 4.69) is 48.3 Å². The van der Waals surface area contributed by atoms with Crippen LogP contribution in [0.2, 0.25) is 0 Å². The molecule has 0 bridgehead atoms. The maximum Gasteiger partial charge on any atom is 0.0367 e. The number of benzene rings is 1. The molecular formula is C15H24N2OS. The van der Waals surface area contributed by atoms with Crippen molar-refractivity contribution in [3.05, 3.63) is 24.3 Å². The Morgan fingerprint density at radius 2 is 1.74 bits per heavy atom. The first-order valence-electron chi connectivity index (χ1n) is 7.19. The van der Waals surface area contributed by atoms with Crippen LogP contribution < -0.4 is 10.2 Å². The molecule has 1 aromatic carbocycles. The van der Waals surface area contributed by atoms with E-state index < -0.39 is 10.8 Å². The largest absolute Gasteiger partial charge is 0.382 e. The third-order valence-electron chi connectivity index (χ3n) is 3.75. The van der Waals surface area contributed by atoms with Crippen molar-refractivity contribution in [3.63, 3.8) is 0 Å². The highest BCUT2D eigenvalue weighted by Gasteiger charge is 2.17. The molecule has 1 fully saturated rings. The Morgan fingerprint density at radius 1 is 1.16 bits per heavy atom. The maximum absolute atomic E-state index is 11.3. The molecule has 0 amide bonds. The highest BCUT2D eigenvalue weighted by Crippen LogP contribution is 2.20. The summed E-state index contributed by atoms with van der Waals surface area (Å²) in [6.07, 6.45) is 2.04. The molecule has 0 aromatic heterocycles. The summed E-state index contributed by atoms with van der Waals surface area (Å²) in [6, 6.07) is 9.14. The first-order valence-corrected chi connectivity index (χ1v) is 8.68. The minimum atomic E-state index is -0.578. The average molecular weight is 280 g/mol. The fourth-order valence-electron chi connectivity index (χ4n) is 2.53. The molecule has 106 valence electrons. The van der Waals surface area contributed by atoms with Crippen LogP contribution in [0.1, 0.15) is 26.7 Å². The van der Waals surface area contributed by atoms with E-state index in [0.29, 0.717) is 6.04 Å². The van der Waals surface area contributed by atoms with Gasteiger partial charge in [-0.1, -0.05) is 0 Å². The zero-order chi connectivity index (χ0) is 13.7. The van der Waals surface area contributed by atoms with Gasteiger partial charge in [-0.3, -0.25) is 4.21 Å². The van der Waals surface area contributed by atoms with Crippen molar-refractivity contribution < 1.29 is 4.21 Å². The van der Waals surface area contributed by atoms with Gasteiger partial charge in [0.25, 0.3) is 0 Å². The second-order valence-electron chi connectivity index (χ2n) is 4.99. The molecule has 1 saturated heterocycles. The lowest BCUT2D eigenvalue weighted by Gasteiger charge is -2.25. The topological polar surface area (TPSA) is 32.3 Å². The van der Waals surface area contributed by atoms with Gasteiger partial charge in [-0.25, -0.2) is 0 Å². The molecule has 1 aliphatic rings. The fraction of sp³-hybridized carbons (Fsp3) is 0.600. The van der Waals surface area contributed by atoms with Crippen molar-refractivity contribution in [2.45, 2.75) is 32.7 Å². The molecule has 1 aromatic rings. The summed E-state index contributed by atoms with van der Waals surface area (Å²) in [4.78, 5) is 2.34. The predicted molar refractivity (Wildman–Crippen MR) is 84.5 cm³/mol. The van der Waals surface area contributed by atoms with Gasteiger partial charge in [0.05, 0.1) is 0 Å². The van der Waals surface area contributed by atoms with Crippen LogP contribution in [0, 0.1) is 0 Å². The number of hydrogen-bond donors (Lipinski definition) is 1. The van der Waals surface area contributed by atoms with E-state index in [9.17, 15) is 4.21 Å². The van der Waals surface area contributed by atoms with Gasteiger partial charge in [-0.2, -0.15) is 0 Å². The number of rotatable bonds is 5. The Labute approximate surface area is 118 Å². The normalized spacial score (nSPS) is 23.1. The lowest BCUT2D eigenvalue weighted by atomic mass is 10.1. The van der Waals surface area contributed by atoms with Gasteiger partial charge in [0, 0.05) is 52.8 Å². The molecule has 0 atom stereocenters. The van der Waals surface area contributed by atoms with Crippen LogP contribution in [-0.4, -0.2) is 34.8 Å². The molecule has 0 saturated carbocycles. The summed E-state index contributed by atoms with van der Waals surface area (Å²) in [5.74, 6) is 1.68. The van der Waals surface area contributed by atoms with Crippen LogP contribution in [0.3, 0.4) is 0 Å². The monoisotopic (exact) mass is 280 g/mol. The quantitative estimate of drug-likeness (QED) is 0.900. The second kappa shape index (κ2) is 6.94. The van der Waals surface area contributed by atoms with Crippen LogP contribution in [0.4, 0.5) is 11.4 Å². The zero-order valence-corrected chi connectivity index (χ0v) is 12.7. The van der Waals surface area contributed by atoms with E-state index in [1.54, 1.807) is 0 Å². The molecule has 0 radical (unpaired) electrons. The molecule has 1 heterocycles. The van der Waals surface area contributed by atoms with E-state index in [1.165, 1.54) is 11.4 Å². The summed E-state index contributed by atoms with van der Waals surface area (Å²) in [6.45, 7) is 6.44. The highest BCUT2D eigenvalue weighted by molar-refractivity contribution is 7.85. The van der Waals surface area contributed by atoms with Crippen LogP contribution in [0.25, 0.3) is 0 Å². The molecule has 2 rings (SSSR count). The van der Waals surface area contributed by atoms with Crippen molar-refractivity contribution in [2.75, 3.05) is 34.8 Å². The fourth-order valence-corrected chi connectivity index (χ4v) is 3.83. The molecule has 1 aliphatic heterocycles. The molecule has 19 heavy (non-hydrogen) atoms. The lowest BCUT2D eigenvalue weighted by Crippen LogP contribution is -2.29. The summed E-state index contributed by atoms with van der Waals surface area (Å²) >= 11 is 0. The predicted octanol–water partition coefficient (Wildman–Crippen LogP) is 2.86. The van der Waals surface area contributed by atoms with E-state index in [-0.39, 0.29) is 0 Å². The average Bonchev–Trinajstić information content (AvgIpc) is 2.44. The van der Waals surface area contributed by atoms with Crippen molar-refractivity contribution in [1.29, 1.82) is 0 Å². The Hall–Kier alpha value is -1.03. The minimum absolute atomic E-state index is 0.483. The summed E-state index contributed by atoms with van der Waals surface area (Å²) in [5, 5.41) is 3.55. The van der Waals surface area contributed by atoms with Crippen molar-refractivity contribution in [1.82, 2.24) is 0 Å². The van der Waals surface area contributed by atoms with Gasteiger partial charge in [0.2, 0.25) is 0 Å². The van der Waals surface area contributed by atoms with E-state index in [0.717, 1.165) is 37.4 Å². The first kappa shape index (κ1) is 14.4. The maximum atomic E-state index is 11.3. The third-order valence-corrected chi connectivity index (χ3v) is 5.14. The number of nitrogens with zero attached hydrogens (tertiary/aromatic N) is 1.